The molecular weight excluding hydrogens is 636 g/mol. The molecule has 1 saturated heterocycles. The van der Waals surface area contributed by atoms with Crippen LogP contribution in [0.5, 0.6) is 11.5 Å². The summed E-state index contributed by atoms with van der Waals surface area (Å²) >= 11 is 0. The Morgan fingerprint density at radius 3 is 2.30 bits per heavy atom. The van der Waals surface area contributed by atoms with Gasteiger partial charge in [0.1, 0.15) is 28.7 Å². The van der Waals surface area contributed by atoms with Gasteiger partial charge in [-0.1, -0.05) is 25.5 Å². The van der Waals surface area contributed by atoms with E-state index in [1.165, 1.54) is 18.2 Å². The number of piperidine rings is 1. The SMILES string of the molecule is CCCCN(C(=O)Nc1cc(C(N)=O)c(F)cc1F)C1CCN(Cc2ccc(Oc3ccc(NS(C)(=O)=O)cc3C(=O)O)cc2)CC1. The molecule has 12 nitrogen and oxygen atoms in total. The van der Waals surface area contributed by atoms with Crippen LogP contribution in [0.25, 0.3) is 0 Å². The standard InChI is InChI=1S/C32H37F2N5O7S/c1-3-4-13-39(32(43)36-28-17-24(30(35)40)26(33)18-27(28)34)22-11-14-38(15-12-22)19-20-5-8-23(9-6-20)46-29-10-7-21(37-47(2,44)45)16-25(29)31(41)42/h5-10,16-18,22,37H,3-4,11-15,19H2,1-2H3,(H2,35,40)(H,36,43)(H,41,42). The topological polar surface area (TPSA) is 171 Å². The van der Waals surface area contributed by atoms with E-state index in [0.29, 0.717) is 50.8 Å². The lowest BCUT2D eigenvalue weighted by atomic mass is 10.0. The van der Waals surface area contributed by atoms with Gasteiger partial charge in [-0.2, -0.15) is 0 Å². The Kier molecular flexibility index (Phi) is 11.4. The van der Waals surface area contributed by atoms with Crippen LogP contribution in [-0.4, -0.2) is 73.2 Å². The number of nitrogens with one attached hydrogen (secondary N) is 2. The Morgan fingerprint density at radius 1 is 1.02 bits per heavy atom. The van der Waals surface area contributed by atoms with E-state index in [4.69, 9.17) is 10.5 Å². The van der Waals surface area contributed by atoms with Crippen LogP contribution in [0.2, 0.25) is 0 Å². The van der Waals surface area contributed by atoms with Crippen LogP contribution in [0.3, 0.4) is 0 Å². The van der Waals surface area contributed by atoms with Crippen LogP contribution < -0.4 is 20.5 Å². The number of nitrogens with zero attached hydrogens (tertiary/aromatic N) is 2. The number of sulfonamides is 1. The van der Waals surface area contributed by atoms with E-state index >= 15 is 0 Å². The predicted molar refractivity (Wildman–Crippen MR) is 172 cm³/mol. The van der Waals surface area contributed by atoms with Crippen molar-refractivity contribution in [3.8, 4) is 11.5 Å². The molecule has 1 aliphatic heterocycles. The van der Waals surface area contributed by atoms with Gasteiger partial charge in [-0.05, 0) is 61.2 Å². The average molecular weight is 674 g/mol. The molecule has 0 spiro atoms. The molecule has 0 atom stereocenters. The van der Waals surface area contributed by atoms with Crippen LogP contribution in [-0.2, 0) is 16.6 Å². The molecule has 15 heteroatoms. The van der Waals surface area contributed by atoms with Crippen molar-refractivity contribution in [3.05, 3.63) is 82.9 Å². The lowest BCUT2D eigenvalue weighted by molar-refractivity contribution is 0.0693. The molecule has 4 rings (SSSR count). The molecule has 3 aromatic rings. The van der Waals surface area contributed by atoms with E-state index < -0.39 is 45.1 Å². The van der Waals surface area contributed by atoms with Gasteiger partial charge in [0.05, 0.1) is 17.5 Å². The Balaban J connectivity index is 1.36. The second kappa shape index (κ2) is 15.2. The number of halogens is 2. The fourth-order valence-electron chi connectivity index (χ4n) is 5.30. The minimum absolute atomic E-state index is 0.0542. The summed E-state index contributed by atoms with van der Waals surface area (Å²) in [6.45, 7) is 4.43. The molecule has 1 fully saturated rings. The summed E-state index contributed by atoms with van der Waals surface area (Å²) in [5, 5.41) is 12.1. The number of primary amides is 1. The Labute approximate surface area is 271 Å². The minimum atomic E-state index is -3.59. The van der Waals surface area contributed by atoms with Gasteiger partial charge in [-0.15, -0.1) is 0 Å². The van der Waals surface area contributed by atoms with Gasteiger partial charge in [0, 0.05) is 44.0 Å². The second-order valence-electron chi connectivity index (χ2n) is 11.3. The molecule has 3 amide bonds. The number of carboxylic acids is 1. The molecule has 252 valence electrons. The maximum Gasteiger partial charge on any atom is 0.339 e. The summed E-state index contributed by atoms with van der Waals surface area (Å²) < 4.78 is 59.4. The van der Waals surface area contributed by atoms with Crippen LogP contribution in [0.4, 0.5) is 25.0 Å². The summed E-state index contributed by atoms with van der Waals surface area (Å²) in [6.07, 6.45) is 3.87. The number of hydrogen-bond acceptors (Lipinski definition) is 7. The summed E-state index contributed by atoms with van der Waals surface area (Å²) in [6, 6.07) is 11.9. The fraction of sp³-hybridized carbons (Fsp3) is 0.344. The number of anilines is 2. The highest BCUT2D eigenvalue weighted by Gasteiger charge is 2.29. The number of likely N-dealkylation sites (tertiary alicyclic amines) is 1. The van der Waals surface area contributed by atoms with E-state index in [1.54, 1.807) is 17.0 Å². The maximum absolute atomic E-state index is 14.4. The number of carbonyl (C=O) groups excluding carboxylic acids is 2. The first-order chi connectivity index (χ1) is 22.2. The van der Waals surface area contributed by atoms with Crippen molar-refractivity contribution >= 4 is 39.3 Å². The van der Waals surface area contributed by atoms with E-state index in [2.05, 4.69) is 14.9 Å². The number of benzene rings is 3. The van der Waals surface area contributed by atoms with E-state index in [-0.39, 0.29) is 28.7 Å². The molecule has 1 aliphatic rings. The highest BCUT2D eigenvalue weighted by atomic mass is 32.2. The van der Waals surface area contributed by atoms with Crippen molar-refractivity contribution in [2.75, 3.05) is 35.9 Å². The second-order valence-corrected chi connectivity index (χ2v) is 13.0. The van der Waals surface area contributed by atoms with Gasteiger partial charge in [-0.25, -0.2) is 26.8 Å². The van der Waals surface area contributed by atoms with E-state index in [0.717, 1.165) is 30.7 Å². The molecule has 0 unspecified atom stereocenters. The van der Waals surface area contributed by atoms with Gasteiger partial charge in [0.15, 0.2) is 0 Å². The Bertz CT molecular complexity index is 1730. The molecule has 5 N–H and O–H groups in total. The number of amides is 3. The molecule has 0 aromatic heterocycles. The third-order valence-electron chi connectivity index (χ3n) is 7.65. The van der Waals surface area contributed by atoms with Crippen LogP contribution >= 0.6 is 0 Å². The molecule has 0 bridgehead atoms. The number of carboxylic acid groups (broad SMARTS) is 1. The fourth-order valence-corrected chi connectivity index (χ4v) is 5.85. The number of hydrogen-bond donors (Lipinski definition) is 4. The first kappa shape index (κ1) is 35.1. The molecule has 3 aromatic carbocycles. The molecular formula is C32H37F2N5O7S. The largest absolute Gasteiger partial charge is 0.478 e. The summed E-state index contributed by atoms with van der Waals surface area (Å²) in [5.74, 6) is -4.00. The average Bonchev–Trinajstić information content (AvgIpc) is 3.00. The number of urea groups is 1. The van der Waals surface area contributed by atoms with Crippen molar-refractivity contribution in [2.45, 2.75) is 45.2 Å². The van der Waals surface area contributed by atoms with Crippen LogP contribution in [0.15, 0.2) is 54.6 Å². The van der Waals surface area contributed by atoms with Gasteiger partial charge >= 0.3 is 12.0 Å². The summed E-state index contributed by atoms with van der Waals surface area (Å²) in [5.41, 5.74) is 5.22. The molecule has 1 heterocycles. The van der Waals surface area contributed by atoms with Gasteiger partial charge < -0.3 is 25.8 Å². The Morgan fingerprint density at radius 2 is 1.70 bits per heavy atom. The minimum Gasteiger partial charge on any atom is -0.478 e. The third-order valence-corrected chi connectivity index (χ3v) is 8.25. The highest BCUT2D eigenvalue weighted by molar-refractivity contribution is 7.92. The zero-order valence-electron chi connectivity index (χ0n) is 26.0. The summed E-state index contributed by atoms with van der Waals surface area (Å²) in [4.78, 5) is 40.4. The molecule has 47 heavy (non-hydrogen) atoms. The monoisotopic (exact) mass is 673 g/mol. The quantitative estimate of drug-likeness (QED) is 0.191. The van der Waals surface area contributed by atoms with Crippen molar-refractivity contribution in [2.24, 2.45) is 5.73 Å². The zero-order valence-corrected chi connectivity index (χ0v) is 26.8. The number of ether oxygens (including phenoxy) is 1. The molecule has 0 saturated carbocycles. The summed E-state index contributed by atoms with van der Waals surface area (Å²) in [7, 11) is -3.59. The first-order valence-corrected chi connectivity index (χ1v) is 16.8. The van der Waals surface area contributed by atoms with Crippen molar-refractivity contribution in [1.82, 2.24) is 9.80 Å². The van der Waals surface area contributed by atoms with Gasteiger partial charge in [0.25, 0.3) is 5.91 Å². The van der Waals surface area contributed by atoms with Crippen molar-refractivity contribution in [3.63, 3.8) is 0 Å². The highest BCUT2D eigenvalue weighted by Crippen LogP contribution is 2.29. The van der Waals surface area contributed by atoms with Crippen molar-refractivity contribution < 1.29 is 41.4 Å². The van der Waals surface area contributed by atoms with Gasteiger partial charge in [-0.3, -0.25) is 14.4 Å². The van der Waals surface area contributed by atoms with Gasteiger partial charge in [0.2, 0.25) is 10.0 Å². The number of rotatable bonds is 13. The predicted octanol–water partition coefficient (Wildman–Crippen LogP) is 5.22. The zero-order chi connectivity index (χ0) is 34.3. The number of carbonyl (C=O) groups is 3. The lowest BCUT2D eigenvalue weighted by Gasteiger charge is -2.38. The maximum atomic E-state index is 14.4. The van der Waals surface area contributed by atoms with E-state index in [1.807, 2.05) is 19.1 Å². The number of nitrogens with two attached hydrogens (primary N) is 1. The molecule has 0 aliphatic carbocycles. The van der Waals surface area contributed by atoms with Crippen molar-refractivity contribution in [1.29, 1.82) is 0 Å². The van der Waals surface area contributed by atoms with Crippen LogP contribution in [0, 0.1) is 11.6 Å². The lowest BCUT2D eigenvalue weighted by Crippen LogP contribution is -2.49. The smallest absolute Gasteiger partial charge is 0.339 e. The number of unbranched alkanes of at least 4 members (excludes halogenated alkanes) is 1. The first-order valence-electron chi connectivity index (χ1n) is 14.9. The Hall–Kier alpha value is -4.76. The normalized spacial score (nSPS) is 14.0. The third kappa shape index (κ3) is 9.62. The molecule has 0 radical (unpaired) electrons. The van der Waals surface area contributed by atoms with Crippen LogP contribution in [0.1, 0.15) is 58.9 Å². The number of aromatic carboxylic acids is 1. The van der Waals surface area contributed by atoms with E-state index in [9.17, 15) is 36.7 Å².